The molecule has 0 aromatic rings. The number of esters is 1. The number of rotatable bonds is 8. The lowest BCUT2D eigenvalue weighted by atomic mass is 10.1. The molecule has 3 heteroatoms. The SMILES string of the molecule is CCCCCC[C@@H](O)COC(=O)CC. The summed E-state index contributed by atoms with van der Waals surface area (Å²) in [6, 6.07) is 0. The molecule has 0 aliphatic rings. The van der Waals surface area contributed by atoms with Gasteiger partial charge in [0.2, 0.25) is 0 Å². The van der Waals surface area contributed by atoms with E-state index in [9.17, 15) is 9.90 Å². The Hall–Kier alpha value is -0.570. The van der Waals surface area contributed by atoms with Crippen molar-refractivity contribution in [1.82, 2.24) is 0 Å². The molecular weight excluding hydrogens is 180 g/mol. The van der Waals surface area contributed by atoms with Crippen molar-refractivity contribution in [3.8, 4) is 0 Å². The third-order valence-corrected chi connectivity index (χ3v) is 2.12. The molecule has 0 unspecified atom stereocenters. The number of unbranched alkanes of at least 4 members (excludes halogenated alkanes) is 3. The minimum absolute atomic E-state index is 0.152. The predicted octanol–water partition coefficient (Wildman–Crippen LogP) is 2.27. The highest BCUT2D eigenvalue weighted by Gasteiger charge is 2.06. The molecule has 0 aromatic carbocycles. The van der Waals surface area contributed by atoms with Gasteiger partial charge in [0.25, 0.3) is 0 Å². The molecule has 3 nitrogen and oxygen atoms in total. The van der Waals surface area contributed by atoms with Gasteiger partial charge in [0.05, 0.1) is 6.10 Å². The maximum atomic E-state index is 10.8. The fourth-order valence-corrected chi connectivity index (χ4v) is 1.18. The second kappa shape index (κ2) is 9.00. The molecule has 0 aliphatic heterocycles. The van der Waals surface area contributed by atoms with Crippen molar-refractivity contribution in [3.05, 3.63) is 0 Å². The molecular formula is C11H22O3. The van der Waals surface area contributed by atoms with Crippen LogP contribution >= 0.6 is 0 Å². The average molecular weight is 202 g/mol. The van der Waals surface area contributed by atoms with Gasteiger partial charge in [-0.3, -0.25) is 4.79 Å². The van der Waals surface area contributed by atoms with E-state index in [1.54, 1.807) is 6.92 Å². The lowest BCUT2D eigenvalue weighted by molar-refractivity contribution is -0.146. The van der Waals surface area contributed by atoms with Gasteiger partial charge in [0.1, 0.15) is 6.61 Å². The number of aliphatic hydroxyl groups excluding tert-OH is 1. The van der Waals surface area contributed by atoms with Gasteiger partial charge in [-0.1, -0.05) is 39.5 Å². The van der Waals surface area contributed by atoms with Crippen LogP contribution in [-0.2, 0) is 9.53 Å². The summed E-state index contributed by atoms with van der Waals surface area (Å²) in [4.78, 5) is 10.8. The fourth-order valence-electron chi connectivity index (χ4n) is 1.18. The van der Waals surface area contributed by atoms with E-state index in [0.717, 1.165) is 19.3 Å². The monoisotopic (exact) mass is 202 g/mol. The van der Waals surface area contributed by atoms with Gasteiger partial charge in [0, 0.05) is 6.42 Å². The van der Waals surface area contributed by atoms with Crippen LogP contribution in [0.1, 0.15) is 52.4 Å². The Balaban J connectivity index is 3.27. The first-order valence-corrected chi connectivity index (χ1v) is 5.54. The second-order valence-corrected chi connectivity index (χ2v) is 3.54. The number of hydrogen-bond donors (Lipinski definition) is 1. The summed E-state index contributed by atoms with van der Waals surface area (Å²) < 4.78 is 4.82. The van der Waals surface area contributed by atoms with Crippen molar-refractivity contribution in [1.29, 1.82) is 0 Å². The quantitative estimate of drug-likeness (QED) is 0.485. The molecule has 0 amide bonds. The fraction of sp³-hybridized carbons (Fsp3) is 0.909. The molecule has 1 atom stereocenters. The summed E-state index contributed by atoms with van der Waals surface area (Å²) in [6.45, 7) is 4.05. The summed E-state index contributed by atoms with van der Waals surface area (Å²) >= 11 is 0. The van der Waals surface area contributed by atoms with Crippen LogP contribution in [0.4, 0.5) is 0 Å². The maximum absolute atomic E-state index is 10.8. The Kier molecular flexibility index (Phi) is 8.64. The largest absolute Gasteiger partial charge is 0.463 e. The van der Waals surface area contributed by atoms with E-state index in [4.69, 9.17) is 4.74 Å². The number of aliphatic hydroxyl groups is 1. The summed E-state index contributed by atoms with van der Waals surface area (Å²) in [6.07, 6.45) is 5.19. The topological polar surface area (TPSA) is 46.5 Å². The van der Waals surface area contributed by atoms with Gasteiger partial charge >= 0.3 is 5.97 Å². The molecule has 1 N–H and O–H groups in total. The molecule has 0 spiro atoms. The van der Waals surface area contributed by atoms with Gasteiger partial charge < -0.3 is 9.84 Å². The molecule has 0 rings (SSSR count). The van der Waals surface area contributed by atoms with Gasteiger partial charge in [0.15, 0.2) is 0 Å². The van der Waals surface area contributed by atoms with Gasteiger partial charge in [-0.25, -0.2) is 0 Å². The number of ether oxygens (including phenoxy) is 1. The molecule has 0 bridgehead atoms. The first-order chi connectivity index (χ1) is 6.70. The second-order valence-electron chi connectivity index (χ2n) is 3.54. The highest BCUT2D eigenvalue weighted by Crippen LogP contribution is 2.05. The summed E-state index contributed by atoms with van der Waals surface area (Å²) in [7, 11) is 0. The Bertz CT molecular complexity index is 145. The molecule has 0 heterocycles. The van der Waals surface area contributed by atoms with Crippen LogP contribution < -0.4 is 0 Å². The van der Waals surface area contributed by atoms with E-state index in [2.05, 4.69) is 6.92 Å². The van der Waals surface area contributed by atoms with E-state index >= 15 is 0 Å². The molecule has 0 radical (unpaired) electrons. The van der Waals surface area contributed by atoms with Crippen molar-refractivity contribution >= 4 is 5.97 Å². The standard InChI is InChI=1S/C11H22O3/c1-3-5-6-7-8-10(12)9-14-11(13)4-2/h10,12H,3-9H2,1-2H3/t10-/m1/s1. The number of carbonyl (C=O) groups excluding carboxylic acids is 1. The smallest absolute Gasteiger partial charge is 0.305 e. The van der Waals surface area contributed by atoms with Crippen molar-refractivity contribution < 1.29 is 14.6 Å². The van der Waals surface area contributed by atoms with Gasteiger partial charge in [-0.15, -0.1) is 0 Å². The molecule has 14 heavy (non-hydrogen) atoms. The van der Waals surface area contributed by atoms with Crippen molar-refractivity contribution in [2.75, 3.05) is 6.61 Å². The highest BCUT2D eigenvalue weighted by atomic mass is 16.5. The van der Waals surface area contributed by atoms with Gasteiger partial charge in [-0.05, 0) is 6.42 Å². The van der Waals surface area contributed by atoms with Crippen LogP contribution in [0.5, 0.6) is 0 Å². The first kappa shape index (κ1) is 13.4. The Labute approximate surface area is 86.5 Å². The average Bonchev–Trinajstić information content (AvgIpc) is 2.21. The van der Waals surface area contributed by atoms with Crippen LogP contribution in [0.25, 0.3) is 0 Å². The highest BCUT2D eigenvalue weighted by molar-refractivity contribution is 5.68. The summed E-state index contributed by atoms with van der Waals surface area (Å²) in [5.74, 6) is -0.238. The summed E-state index contributed by atoms with van der Waals surface area (Å²) in [5, 5.41) is 9.42. The zero-order valence-corrected chi connectivity index (χ0v) is 9.29. The number of hydrogen-bond acceptors (Lipinski definition) is 3. The normalized spacial score (nSPS) is 12.5. The minimum atomic E-state index is -0.484. The van der Waals surface area contributed by atoms with E-state index in [-0.39, 0.29) is 12.6 Å². The zero-order chi connectivity index (χ0) is 10.8. The number of carbonyl (C=O) groups is 1. The minimum Gasteiger partial charge on any atom is -0.463 e. The van der Waals surface area contributed by atoms with E-state index in [1.165, 1.54) is 12.8 Å². The maximum Gasteiger partial charge on any atom is 0.305 e. The van der Waals surface area contributed by atoms with Crippen molar-refractivity contribution in [2.45, 2.75) is 58.5 Å². The molecule has 0 fully saturated rings. The Morgan fingerprint density at radius 2 is 2.00 bits per heavy atom. The van der Waals surface area contributed by atoms with Crippen LogP contribution in [0, 0.1) is 0 Å². The van der Waals surface area contributed by atoms with Crippen molar-refractivity contribution in [2.24, 2.45) is 0 Å². The molecule has 0 aliphatic carbocycles. The van der Waals surface area contributed by atoms with E-state index in [1.807, 2.05) is 0 Å². The summed E-state index contributed by atoms with van der Waals surface area (Å²) in [5.41, 5.74) is 0. The molecule has 0 saturated heterocycles. The Morgan fingerprint density at radius 3 is 2.57 bits per heavy atom. The van der Waals surface area contributed by atoms with Crippen molar-refractivity contribution in [3.63, 3.8) is 0 Å². The van der Waals surface area contributed by atoms with Crippen LogP contribution in [0.2, 0.25) is 0 Å². The van der Waals surface area contributed by atoms with Crippen LogP contribution in [0.15, 0.2) is 0 Å². The van der Waals surface area contributed by atoms with Crippen LogP contribution in [-0.4, -0.2) is 23.8 Å². The van der Waals surface area contributed by atoms with Crippen LogP contribution in [0.3, 0.4) is 0 Å². The molecule has 84 valence electrons. The van der Waals surface area contributed by atoms with E-state index in [0.29, 0.717) is 6.42 Å². The lowest BCUT2D eigenvalue weighted by Crippen LogP contribution is -2.18. The molecule has 0 aromatic heterocycles. The van der Waals surface area contributed by atoms with E-state index < -0.39 is 6.10 Å². The Morgan fingerprint density at radius 1 is 1.29 bits per heavy atom. The third kappa shape index (κ3) is 8.05. The first-order valence-electron chi connectivity index (χ1n) is 5.54. The predicted molar refractivity (Wildman–Crippen MR) is 56.0 cm³/mol. The lowest BCUT2D eigenvalue weighted by Gasteiger charge is -2.10. The zero-order valence-electron chi connectivity index (χ0n) is 9.29. The third-order valence-electron chi connectivity index (χ3n) is 2.12. The van der Waals surface area contributed by atoms with Gasteiger partial charge in [-0.2, -0.15) is 0 Å². The molecule has 0 saturated carbocycles.